The number of rotatable bonds is 7. The van der Waals surface area contributed by atoms with E-state index in [1.807, 2.05) is 0 Å². The zero-order valence-electron chi connectivity index (χ0n) is 14.3. The van der Waals surface area contributed by atoms with Crippen molar-refractivity contribution >= 4 is 35.5 Å². The van der Waals surface area contributed by atoms with E-state index in [-0.39, 0.29) is 0 Å². The molecular weight excluding hydrogens is 372 g/mol. The largest absolute Gasteiger partial charge is 0.478 e. The molecule has 2 aromatic carbocycles. The summed E-state index contributed by atoms with van der Waals surface area (Å²) >= 11 is 0. The van der Waals surface area contributed by atoms with E-state index in [9.17, 15) is 29.4 Å². The van der Waals surface area contributed by atoms with Crippen molar-refractivity contribution in [1.29, 1.82) is 0 Å². The van der Waals surface area contributed by atoms with Crippen molar-refractivity contribution < 1.29 is 38.9 Å². The normalized spacial score (nSPS) is 12.1. The van der Waals surface area contributed by atoms with Crippen molar-refractivity contribution in [2.24, 2.45) is 0 Å². The molecule has 2 rings (SSSR count). The van der Waals surface area contributed by atoms with E-state index in [0.29, 0.717) is 11.4 Å². The Labute approximate surface area is 158 Å². The number of hydrogen-bond donors (Lipinski definition) is 4. The molecule has 0 bridgehead atoms. The summed E-state index contributed by atoms with van der Waals surface area (Å²) in [5, 5.41) is 22.9. The topological polar surface area (TPSA) is 151 Å². The molecule has 0 aliphatic rings. The van der Waals surface area contributed by atoms with Crippen LogP contribution in [-0.2, 0) is 19.1 Å². The Morgan fingerprint density at radius 2 is 0.964 bits per heavy atom. The van der Waals surface area contributed by atoms with E-state index in [1.165, 1.54) is 24.3 Å². The maximum Gasteiger partial charge on any atom is 0.412 e. The minimum Gasteiger partial charge on any atom is -0.478 e. The number of ether oxygens (including phenoxy) is 2. The highest BCUT2D eigenvalue weighted by atomic mass is 16.6. The van der Waals surface area contributed by atoms with Gasteiger partial charge in [0.05, 0.1) is 0 Å². The standard InChI is InChI=1S/C18H16N2O8/c21-15(22)13(27-17(25)19-11-7-3-1-4-8-11)14(16(23)24)28-18(26)20-12-9-5-2-6-10-12/h1-10,13-14H,(H,19,25)(H,20,26)(H,21,22)(H,23,24)/t13-,14+. The number of aliphatic carboxylic acids is 2. The van der Waals surface area contributed by atoms with Crippen LogP contribution in [0.15, 0.2) is 60.7 Å². The highest BCUT2D eigenvalue weighted by molar-refractivity contribution is 5.92. The minimum atomic E-state index is -2.28. The van der Waals surface area contributed by atoms with Crippen LogP contribution in [0.1, 0.15) is 0 Å². The molecule has 28 heavy (non-hydrogen) atoms. The molecule has 0 fully saturated rings. The first-order valence-corrected chi connectivity index (χ1v) is 7.88. The second-order valence-corrected chi connectivity index (χ2v) is 5.31. The average molecular weight is 388 g/mol. The summed E-state index contributed by atoms with van der Waals surface area (Å²) in [4.78, 5) is 46.6. The molecule has 0 aliphatic carbocycles. The lowest BCUT2D eigenvalue weighted by atomic mass is 10.2. The molecule has 0 saturated heterocycles. The minimum absolute atomic E-state index is 0.297. The lowest BCUT2D eigenvalue weighted by molar-refractivity contribution is -0.165. The number of amides is 2. The number of carbonyl (C=O) groups excluding carboxylic acids is 2. The van der Waals surface area contributed by atoms with Crippen LogP contribution in [0.3, 0.4) is 0 Å². The molecule has 10 heteroatoms. The molecule has 0 spiro atoms. The number of para-hydroxylation sites is 2. The summed E-state index contributed by atoms with van der Waals surface area (Å²) in [6, 6.07) is 15.9. The lowest BCUT2D eigenvalue weighted by Crippen LogP contribution is -2.47. The number of anilines is 2. The van der Waals surface area contributed by atoms with Gasteiger partial charge < -0.3 is 19.7 Å². The molecular formula is C18H16N2O8. The Balaban J connectivity index is 2.06. The maximum atomic E-state index is 11.9. The van der Waals surface area contributed by atoms with Crippen LogP contribution >= 0.6 is 0 Å². The second kappa shape index (κ2) is 9.57. The van der Waals surface area contributed by atoms with Gasteiger partial charge in [-0.1, -0.05) is 36.4 Å². The van der Waals surface area contributed by atoms with Crippen molar-refractivity contribution in [3.8, 4) is 0 Å². The van der Waals surface area contributed by atoms with Crippen molar-refractivity contribution in [3.63, 3.8) is 0 Å². The van der Waals surface area contributed by atoms with Gasteiger partial charge in [-0.2, -0.15) is 0 Å². The highest BCUT2D eigenvalue weighted by Crippen LogP contribution is 2.12. The number of hydrogen-bond acceptors (Lipinski definition) is 6. The Morgan fingerprint density at radius 1 is 0.643 bits per heavy atom. The van der Waals surface area contributed by atoms with Gasteiger partial charge in [-0.15, -0.1) is 0 Å². The summed E-state index contributed by atoms with van der Waals surface area (Å²) in [7, 11) is 0. The van der Waals surface area contributed by atoms with Crippen LogP contribution in [-0.4, -0.2) is 46.5 Å². The van der Waals surface area contributed by atoms with Crippen molar-refractivity contribution in [2.75, 3.05) is 10.6 Å². The van der Waals surface area contributed by atoms with E-state index in [4.69, 9.17) is 0 Å². The third-order valence-corrected chi connectivity index (χ3v) is 3.27. The molecule has 2 amide bonds. The van der Waals surface area contributed by atoms with E-state index >= 15 is 0 Å². The van der Waals surface area contributed by atoms with Gasteiger partial charge in [-0.3, -0.25) is 10.6 Å². The van der Waals surface area contributed by atoms with E-state index in [2.05, 4.69) is 20.1 Å². The summed E-state index contributed by atoms with van der Waals surface area (Å²) in [5.41, 5.74) is 0.595. The van der Waals surface area contributed by atoms with E-state index < -0.39 is 36.3 Å². The summed E-state index contributed by atoms with van der Waals surface area (Å²) in [5.74, 6) is -3.61. The van der Waals surface area contributed by atoms with Gasteiger partial charge in [0.15, 0.2) is 0 Å². The van der Waals surface area contributed by atoms with Gasteiger partial charge in [-0.25, -0.2) is 19.2 Å². The first-order chi connectivity index (χ1) is 13.4. The average Bonchev–Trinajstić information content (AvgIpc) is 2.65. The summed E-state index contributed by atoms with van der Waals surface area (Å²) < 4.78 is 9.31. The Morgan fingerprint density at radius 3 is 1.25 bits per heavy atom. The van der Waals surface area contributed by atoms with Crippen molar-refractivity contribution in [2.45, 2.75) is 12.2 Å². The molecule has 10 nitrogen and oxygen atoms in total. The zero-order valence-corrected chi connectivity index (χ0v) is 14.3. The highest BCUT2D eigenvalue weighted by Gasteiger charge is 2.40. The lowest BCUT2D eigenvalue weighted by Gasteiger charge is -2.21. The number of nitrogens with one attached hydrogen (secondary N) is 2. The Bertz CT molecular complexity index is 770. The number of carboxylic acids is 2. The molecule has 0 aromatic heterocycles. The molecule has 2 atom stereocenters. The van der Waals surface area contributed by atoms with Gasteiger partial charge >= 0.3 is 24.1 Å². The maximum absolute atomic E-state index is 11.9. The fourth-order valence-electron chi connectivity index (χ4n) is 2.05. The Hall–Kier alpha value is -4.08. The van der Waals surface area contributed by atoms with Gasteiger partial charge in [0.1, 0.15) is 0 Å². The molecule has 0 unspecified atom stereocenters. The monoisotopic (exact) mass is 388 g/mol. The van der Waals surface area contributed by atoms with Crippen LogP contribution in [0, 0.1) is 0 Å². The van der Waals surface area contributed by atoms with Crippen LogP contribution < -0.4 is 10.6 Å². The number of benzene rings is 2. The van der Waals surface area contributed by atoms with Gasteiger partial charge in [0.25, 0.3) is 0 Å². The molecule has 0 radical (unpaired) electrons. The SMILES string of the molecule is O=C(Nc1ccccc1)O[C@H](C(=O)O)[C@@H](OC(=O)Nc1ccccc1)C(=O)O. The fraction of sp³-hybridized carbons (Fsp3) is 0.111. The smallest absolute Gasteiger partial charge is 0.412 e. The molecule has 4 N–H and O–H groups in total. The summed E-state index contributed by atoms with van der Waals surface area (Å²) in [6.07, 6.45) is -7.00. The quantitative estimate of drug-likeness (QED) is 0.564. The van der Waals surface area contributed by atoms with E-state index in [1.54, 1.807) is 36.4 Å². The molecule has 0 saturated carbocycles. The molecule has 146 valence electrons. The second-order valence-electron chi connectivity index (χ2n) is 5.31. The van der Waals surface area contributed by atoms with Crippen LogP contribution in [0.5, 0.6) is 0 Å². The molecule has 2 aromatic rings. The zero-order chi connectivity index (χ0) is 20.5. The predicted molar refractivity (Wildman–Crippen MR) is 95.9 cm³/mol. The first-order valence-electron chi connectivity index (χ1n) is 7.88. The molecule has 0 aliphatic heterocycles. The predicted octanol–water partition coefficient (Wildman–Crippen LogP) is 2.39. The van der Waals surface area contributed by atoms with E-state index in [0.717, 1.165) is 0 Å². The van der Waals surface area contributed by atoms with Crippen molar-refractivity contribution in [3.05, 3.63) is 60.7 Å². The third-order valence-electron chi connectivity index (χ3n) is 3.27. The van der Waals surface area contributed by atoms with Gasteiger partial charge in [0.2, 0.25) is 12.2 Å². The molecule has 0 heterocycles. The van der Waals surface area contributed by atoms with Crippen molar-refractivity contribution in [1.82, 2.24) is 0 Å². The fourth-order valence-corrected chi connectivity index (χ4v) is 2.05. The number of carbonyl (C=O) groups is 4. The third kappa shape index (κ3) is 6.02. The van der Waals surface area contributed by atoms with Crippen LogP contribution in [0.2, 0.25) is 0 Å². The van der Waals surface area contributed by atoms with Gasteiger partial charge in [0, 0.05) is 11.4 Å². The Kier molecular flexibility index (Phi) is 6.92. The van der Waals surface area contributed by atoms with Crippen LogP contribution in [0.4, 0.5) is 21.0 Å². The summed E-state index contributed by atoms with van der Waals surface area (Å²) in [6.45, 7) is 0. The van der Waals surface area contributed by atoms with Gasteiger partial charge in [-0.05, 0) is 24.3 Å². The first kappa shape index (κ1) is 20.2. The number of carboxylic acid groups (broad SMARTS) is 2. The van der Waals surface area contributed by atoms with Crippen LogP contribution in [0.25, 0.3) is 0 Å².